The normalized spacial score (nSPS) is 10.3. The van der Waals surface area contributed by atoms with Gasteiger partial charge in [0.05, 0.1) is 5.56 Å². The Hall–Kier alpha value is -2.69. The molecule has 2 rings (SSSR count). The van der Waals surface area contributed by atoms with Gasteiger partial charge >= 0.3 is 0 Å². The van der Waals surface area contributed by atoms with Gasteiger partial charge in [0.15, 0.2) is 17.3 Å². The third kappa shape index (κ3) is 2.60. The van der Waals surface area contributed by atoms with Crippen LogP contribution in [0.4, 0.5) is 0 Å². The number of ketones is 1. The number of carbonyl (C=O) groups excluding carboxylic acids is 1. The van der Waals surface area contributed by atoms with Crippen LogP contribution in [0.2, 0.25) is 0 Å². The smallest absolute Gasteiger partial charge is 0.201 e. The van der Waals surface area contributed by atoms with Gasteiger partial charge < -0.3 is 20.4 Å². The van der Waals surface area contributed by atoms with Crippen LogP contribution in [-0.4, -0.2) is 26.2 Å². The van der Waals surface area contributed by atoms with E-state index in [4.69, 9.17) is 0 Å². The maximum absolute atomic E-state index is 12.0. The van der Waals surface area contributed by atoms with Gasteiger partial charge in [0.2, 0.25) is 5.75 Å². The van der Waals surface area contributed by atoms with Gasteiger partial charge in [0.25, 0.3) is 0 Å². The minimum absolute atomic E-state index is 0.0355. The molecule has 0 saturated heterocycles. The lowest BCUT2D eigenvalue weighted by molar-refractivity contribution is 0.0989. The molecule has 0 spiro atoms. The predicted molar refractivity (Wildman–Crippen MR) is 67.6 cm³/mol. The molecule has 5 nitrogen and oxygen atoms in total. The number of aromatic hydroxyl groups is 4. The van der Waals surface area contributed by atoms with Crippen molar-refractivity contribution in [3.05, 3.63) is 47.5 Å². The molecule has 0 saturated carbocycles. The van der Waals surface area contributed by atoms with Crippen LogP contribution in [0.5, 0.6) is 23.0 Å². The van der Waals surface area contributed by atoms with E-state index in [1.54, 1.807) is 12.1 Å². The van der Waals surface area contributed by atoms with Crippen molar-refractivity contribution in [2.45, 2.75) is 6.42 Å². The number of phenols is 4. The zero-order valence-corrected chi connectivity index (χ0v) is 9.87. The number of Topliss-reactive ketones (excluding diaryl/α,β-unsaturated/α-hetero) is 1. The first-order valence-electron chi connectivity index (χ1n) is 5.54. The van der Waals surface area contributed by atoms with Gasteiger partial charge in [-0.05, 0) is 29.8 Å². The van der Waals surface area contributed by atoms with Gasteiger partial charge in [-0.25, -0.2) is 0 Å². The van der Waals surface area contributed by atoms with Crippen LogP contribution in [-0.2, 0) is 6.42 Å². The standard InChI is InChI=1S/C14H12O5/c15-9-3-1-2-8(6-9)7-12(17)10-4-5-11(16)14(19)13(10)18/h1-6,15-16,18-19H,7H2. The average Bonchev–Trinajstić information content (AvgIpc) is 2.36. The van der Waals surface area contributed by atoms with Gasteiger partial charge in [0.1, 0.15) is 5.75 Å². The van der Waals surface area contributed by atoms with Crippen LogP contribution < -0.4 is 0 Å². The van der Waals surface area contributed by atoms with E-state index in [-0.39, 0.29) is 17.7 Å². The Morgan fingerprint density at radius 3 is 2.37 bits per heavy atom. The molecule has 19 heavy (non-hydrogen) atoms. The van der Waals surface area contributed by atoms with Crippen LogP contribution >= 0.6 is 0 Å². The van der Waals surface area contributed by atoms with Crippen LogP contribution in [0, 0.1) is 0 Å². The molecule has 0 heterocycles. The minimum atomic E-state index is -0.721. The highest BCUT2D eigenvalue weighted by Crippen LogP contribution is 2.37. The Morgan fingerprint density at radius 2 is 1.68 bits per heavy atom. The summed E-state index contributed by atoms with van der Waals surface area (Å²) in [4.78, 5) is 12.0. The summed E-state index contributed by atoms with van der Waals surface area (Å²) in [6.45, 7) is 0. The molecule has 0 bridgehead atoms. The maximum Gasteiger partial charge on any atom is 0.201 e. The third-order valence-corrected chi connectivity index (χ3v) is 2.71. The maximum atomic E-state index is 12.0. The molecule has 0 aliphatic carbocycles. The van der Waals surface area contributed by atoms with E-state index in [0.717, 1.165) is 6.07 Å². The van der Waals surface area contributed by atoms with E-state index in [1.165, 1.54) is 18.2 Å². The van der Waals surface area contributed by atoms with E-state index >= 15 is 0 Å². The van der Waals surface area contributed by atoms with Crippen molar-refractivity contribution in [1.82, 2.24) is 0 Å². The summed E-state index contributed by atoms with van der Waals surface area (Å²) in [6, 6.07) is 8.55. The Kier molecular flexibility index (Phi) is 3.29. The second-order valence-corrected chi connectivity index (χ2v) is 4.10. The van der Waals surface area contributed by atoms with Crippen LogP contribution in [0.3, 0.4) is 0 Å². The molecule has 0 aliphatic rings. The highest BCUT2D eigenvalue weighted by atomic mass is 16.3. The van der Waals surface area contributed by atoms with Crippen molar-refractivity contribution in [2.75, 3.05) is 0 Å². The molecular weight excluding hydrogens is 248 g/mol. The Balaban J connectivity index is 2.28. The van der Waals surface area contributed by atoms with Crippen LogP contribution in [0.15, 0.2) is 36.4 Å². The van der Waals surface area contributed by atoms with Crippen molar-refractivity contribution in [3.8, 4) is 23.0 Å². The monoisotopic (exact) mass is 260 g/mol. The molecular formula is C14H12O5. The van der Waals surface area contributed by atoms with E-state index in [9.17, 15) is 25.2 Å². The zero-order chi connectivity index (χ0) is 14.0. The molecule has 0 amide bonds. The van der Waals surface area contributed by atoms with Crippen molar-refractivity contribution in [1.29, 1.82) is 0 Å². The number of carbonyl (C=O) groups is 1. The van der Waals surface area contributed by atoms with Crippen molar-refractivity contribution < 1.29 is 25.2 Å². The molecule has 2 aromatic rings. The van der Waals surface area contributed by atoms with E-state index in [1.807, 2.05) is 0 Å². The lowest BCUT2D eigenvalue weighted by Crippen LogP contribution is -2.03. The van der Waals surface area contributed by atoms with Crippen molar-refractivity contribution >= 4 is 5.78 Å². The second kappa shape index (κ2) is 4.89. The summed E-state index contributed by atoms with van der Waals surface area (Å²) in [5, 5.41) is 37.4. The predicted octanol–water partition coefficient (Wildman–Crippen LogP) is 1.93. The summed E-state index contributed by atoms with van der Waals surface area (Å²) in [6.07, 6.45) is -0.0355. The molecule has 0 fully saturated rings. The first-order chi connectivity index (χ1) is 8.99. The summed E-state index contributed by atoms with van der Waals surface area (Å²) in [5.74, 6) is -2.25. The van der Waals surface area contributed by atoms with Gasteiger partial charge in [-0.1, -0.05) is 12.1 Å². The summed E-state index contributed by atoms with van der Waals surface area (Å²) >= 11 is 0. The molecule has 0 unspecified atom stereocenters. The summed E-state index contributed by atoms with van der Waals surface area (Å²) in [7, 11) is 0. The van der Waals surface area contributed by atoms with E-state index in [2.05, 4.69) is 0 Å². The quantitative estimate of drug-likeness (QED) is 0.499. The summed E-state index contributed by atoms with van der Waals surface area (Å²) in [5.41, 5.74) is 0.496. The molecule has 98 valence electrons. The van der Waals surface area contributed by atoms with Crippen molar-refractivity contribution in [2.24, 2.45) is 0 Å². The Morgan fingerprint density at radius 1 is 0.947 bits per heavy atom. The molecule has 5 heteroatoms. The van der Waals surface area contributed by atoms with Crippen LogP contribution in [0.25, 0.3) is 0 Å². The van der Waals surface area contributed by atoms with Gasteiger partial charge in [-0.2, -0.15) is 0 Å². The topological polar surface area (TPSA) is 98.0 Å². The first kappa shape index (κ1) is 12.8. The number of phenolic OH excluding ortho intramolecular Hbond substituents is 4. The average molecular weight is 260 g/mol. The zero-order valence-electron chi connectivity index (χ0n) is 9.87. The first-order valence-corrected chi connectivity index (χ1v) is 5.54. The number of benzene rings is 2. The largest absolute Gasteiger partial charge is 0.508 e. The Bertz CT molecular complexity index is 634. The molecule has 0 atom stereocenters. The number of hydrogen-bond acceptors (Lipinski definition) is 5. The fraction of sp³-hybridized carbons (Fsp3) is 0.0714. The highest BCUT2D eigenvalue weighted by molar-refractivity contribution is 6.00. The lowest BCUT2D eigenvalue weighted by atomic mass is 10.0. The van der Waals surface area contributed by atoms with Gasteiger partial charge in [-0.15, -0.1) is 0 Å². The van der Waals surface area contributed by atoms with Crippen molar-refractivity contribution in [3.63, 3.8) is 0 Å². The lowest BCUT2D eigenvalue weighted by Gasteiger charge is -2.07. The van der Waals surface area contributed by atoms with E-state index in [0.29, 0.717) is 5.56 Å². The fourth-order valence-corrected chi connectivity index (χ4v) is 1.74. The van der Waals surface area contributed by atoms with E-state index < -0.39 is 23.0 Å². The Labute approximate surface area is 109 Å². The van der Waals surface area contributed by atoms with Crippen LogP contribution in [0.1, 0.15) is 15.9 Å². The molecule has 0 aromatic heterocycles. The molecule has 0 radical (unpaired) electrons. The molecule has 0 aliphatic heterocycles. The highest BCUT2D eigenvalue weighted by Gasteiger charge is 2.17. The molecule has 4 N–H and O–H groups in total. The third-order valence-electron chi connectivity index (χ3n) is 2.71. The number of hydrogen-bond donors (Lipinski definition) is 4. The van der Waals surface area contributed by atoms with Gasteiger partial charge in [-0.3, -0.25) is 4.79 Å². The summed E-state index contributed by atoms with van der Waals surface area (Å²) < 4.78 is 0. The minimum Gasteiger partial charge on any atom is -0.508 e. The van der Waals surface area contributed by atoms with Gasteiger partial charge in [0, 0.05) is 6.42 Å². The SMILES string of the molecule is O=C(Cc1cccc(O)c1)c1ccc(O)c(O)c1O. The fourth-order valence-electron chi connectivity index (χ4n) is 1.74. The molecule has 2 aromatic carbocycles. The second-order valence-electron chi connectivity index (χ2n) is 4.10. The number of rotatable bonds is 3.